The molecule has 0 unspecified atom stereocenters. The number of anilines is 1. The second-order valence-electron chi connectivity index (χ2n) is 5.88. The highest BCUT2D eigenvalue weighted by molar-refractivity contribution is 5.67. The van der Waals surface area contributed by atoms with Gasteiger partial charge in [-0.3, -0.25) is 4.79 Å². The van der Waals surface area contributed by atoms with E-state index in [2.05, 4.69) is 36.9 Å². The van der Waals surface area contributed by atoms with Crippen molar-refractivity contribution in [3.63, 3.8) is 0 Å². The molecule has 3 heteroatoms. The van der Waals surface area contributed by atoms with Gasteiger partial charge >= 0.3 is 5.97 Å². The van der Waals surface area contributed by atoms with Crippen molar-refractivity contribution in [3.8, 4) is 0 Å². The Balaban J connectivity index is 2.81. The lowest BCUT2D eigenvalue weighted by atomic mass is 9.88. The average Bonchev–Trinajstić information content (AvgIpc) is 2.13. The molecule has 0 fully saturated rings. The fraction of sp³-hybridized carbons (Fsp3) is 0.533. The van der Waals surface area contributed by atoms with Gasteiger partial charge < -0.3 is 10.0 Å². The molecule has 0 bridgehead atoms. The topological polar surface area (TPSA) is 40.5 Å². The maximum absolute atomic E-state index is 10.8. The maximum atomic E-state index is 10.8. The van der Waals surface area contributed by atoms with Gasteiger partial charge in [-0.05, 0) is 30.9 Å². The molecule has 0 heterocycles. The van der Waals surface area contributed by atoms with E-state index in [1.807, 2.05) is 20.9 Å². The number of benzene rings is 1. The van der Waals surface area contributed by atoms with Gasteiger partial charge in [0, 0.05) is 19.3 Å². The molecule has 0 aliphatic heterocycles. The van der Waals surface area contributed by atoms with Crippen molar-refractivity contribution in [2.75, 3.05) is 18.5 Å². The maximum Gasteiger partial charge on any atom is 0.303 e. The Morgan fingerprint density at radius 1 is 1.33 bits per heavy atom. The SMILES string of the molecule is Cc1ccc(N(C)CC(C)(C)CC(=O)O)c(C)c1. The molecule has 0 radical (unpaired) electrons. The first-order chi connectivity index (χ1) is 8.21. The minimum absolute atomic E-state index is 0.183. The summed E-state index contributed by atoms with van der Waals surface area (Å²) in [7, 11) is 2.02. The van der Waals surface area contributed by atoms with Gasteiger partial charge in [-0.25, -0.2) is 0 Å². The molecular formula is C15H23NO2. The van der Waals surface area contributed by atoms with Gasteiger partial charge in [0.2, 0.25) is 0 Å². The predicted octanol–water partition coefficient (Wildman–Crippen LogP) is 3.24. The Morgan fingerprint density at radius 3 is 2.44 bits per heavy atom. The second kappa shape index (κ2) is 5.42. The zero-order valence-corrected chi connectivity index (χ0v) is 11.9. The zero-order chi connectivity index (χ0) is 13.9. The van der Waals surface area contributed by atoms with Crippen LogP contribution in [-0.2, 0) is 4.79 Å². The highest BCUT2D eigenvalue weighted by Gasteiger charge is 2.24. The average molecular weight is 249 g/mol. The van der Waals surface area contributed by atoms with Crippen LogP contribution in [0.15, 0.2) is 18.2 Å². The number of rotatable bonds is 5. The summed E-state index contributed by atoms with van der Waals surface area (Å²) < 4.78 is 0. The number of nitrogens with zero attached hydrogens (tertiary/aromatic N) is 1. The van der Waals surface area contributed by atoms with Crippen LogP contribution in [0.3, 0.4) is 0 Å². The number of carbonyl (C=O) groups is 1. The van der Waals surface area contributed by atoms with Crippen LogP contribution in [0.4, 0.5) is 5.69 Å². The molecule has 0 aromatic heterocycles. The first kappa shape index (κ1) is 14.6. The lowest BCUT2D eigenvalue weighted by Gasteiger charge is -2.31. The third-order valence-electron chi connectivity index (χ3n) is 3.06. The van der Waals surface area contributed by atoms with Crippen molar-refractivity contribution in [1.82, 2.24) is 0 Å². The lowest BCUT2D eigenvalue weighted by molar-refractivity contribution is -0.139. The van der Waals surface area contributed by atoms with Gasteiger partial charge in [-0.1, -0.05) is 31.5 Å². The van der Waals surface area contributed by atoms with E-state index in [1.54, 1.807) is 0 Å². The lowest BCUT2D eigenvalue weighted by Crippen LogP contribution is -2.33. The highest BCUT2D eigenvalue weighted by Crippen LogP contribution is 2.26. The van der Waals surface area contributed by atoms with E-state index >= 15 is 0 Å². The van der Waals surface area contributed by atoms with E-state index in [0.29, 0.717) is 0 Å². The van der Waals surface area contributed by atoms with Gasteiger partial charge in [-0.2, -0.15) is 0 Å². The first-order valence-corrected chi connectivity index (χ1v) is 6.21. The van der Waals surface area contributed by atoms with Crippen molar-refractivity contribution >= 4 is 11.7 Å². The van der Waals surface area contributed by atoms with Gasteiger partial charge in [0.1, 0.15) is 0 Å². The minimum atomic E-state index is -0.742. The fourth-order valence-corrected chi connectivity index (χ4v) is 2.43. The first-order valence-electron chi connectivity index (χ1n) is 6.21. The number of hydrogen-bond acceptors (Lipinski definition) is 2. The molecule has 1 rings (SSSR count). The Hall–Kier alpha value is -1.51. The Bertz CT molecular complexity index is 438. The van der Waals surface area contributed by atoms with Gasteiger partial charge in [0.25, 0.3) is 0 Å². The Morgan fingerprint density at radius 2 is 1.94 bits per heavy atom. The molecule has 0 amide bonds. The van der Waals surface area contributed by atoms with E-state index < -0.39 is 5.97 Å². The van der Waals surface area contributed by atoms with E-state index in [9.17, 15) is 4.79 Å². The van der Waals surface area contributed by atoms with Crippen molar-refractivity contribution in [1.29, 1.82) is 0 Å². The number of aliphatic carboxylic acids is 1. The predicted molar refractivity (Wildman–Crippen MR) is 75.2 cm³/mol. The van der Waals surface area contributed by atoms with E-state index in [-0.39, 0.29) is 11.8 Å². The Labute approximate surface area is 109 Å². The molecule has 100 valence electrons. The van der Waals surface area contributed by atoms with Crippen molar-refractivity contribution in [2.45, 2.75) is 34.1 Å². The molecular weight excluding hydrogens is 226 g/mol. The second-order valence-corrected chi connectivity index (χ2v) is 5.88. The molecule has 0 saturated carbocycles. The van der Waals surface area contributed by atoms with E-state index in [0.717, 1.165) is 6.54 Å². The summed E-state index contributed by atoms with van der Waals surface area (Å²) in [4.78, 5) is 13.0. The summed E-state index contributed by atoms with van der Waals surface area (Å²) in [5, 5.41) is 8.91. The number of hydrogen-bond donors (Lipinski definition) is 1. The normalized spacial score (nSPS) is 11.4. The summed E-state index contributed by atoms with van der Waals surface area (Å²) in [5.41, 5.74) is 3.40. The van der Waals surface area contributed by atoms with Gasteiger partial charge in [-0.15, -0.1) is 0 Å². The van der Waals surface area contributed by atoms with Crippen LogP contribution in [0.2, 0.25) is 0 Å². The van der Waals surface area contributed by atoms with Crippen LogP contribution >= 0.6 is 0 Å². The quantitative estimate of drug-likeness (QED) is 0.871. The molecule has 0 atom stereocenters. The Kier molecular flexibility index (Phi) is 4.38. The van der Waals surface area contributed by atoms with Gasteiger partial charge in [0.15, 0.2) is 0 Å². The number of carboxylic acids is 1. The monoisotopic (exact) mass is 249 g/mol. The number of aryl methyl sites for hydroxylation is 2. The summed E-state index contributed by atoms with van der Waals surface area (Å²) in [6.07, 6.45) is 0.183. The zero-order valence-electron chi connectivity index (χ0n) is 11.9. The van der Waals surface area contributed by atoms with Crippen LogP contribution in [-0.4, -0.2) is 24.7 Å². The van der Waals surface area contributed by atoms with Gasteiger partial charge in [0.05, 0.1) is 6.42 Å². The van der Waals surface area contributed by atoms with Crippen LogP contribution in [0, 0.1) is 19.3 Å². The molecule has 1 aromatic carbocycles. The third-order valence-corrected chi connectivity index (χ3v) is 3.06. The highest BCUT2D eigenvalue weighted by atomic mass is 16.4. The molecule has 3 nitrogen and oxygen atoms in total. The number of carboxylic acid groups (broad SMARTS) is 1. The van der Waals surface area contributed by atoms with Crippen LogP contribution in [0.5, 0.6) is 0 Å². The van der Waals surface area contributed by atoms with E-state index in [1.165, 1.54) is 16.8 Å². The van der Waals surface area contributed by atoms with Crippen LogP contribution < -0.4 is 4.90 Å². The smallest absolute Gasteiger partial charge is 0.303 e. The van der Waals surface area contributed by atoms with Crippen LogP contribution in [0.1, 0.15) is 31.4 Å². The molecule has 18 heavy (non-hydrogen) atoms. The largest absolute Gasteiger partial charge is 0.481 e. The summed E-state index contributed by atoms with van der Waals surface area (Å²) >= 11 is 0. The van der Waals surface area contributed by atoms with Crippen molar-refractivity contribution in [3.05, 3.63) is 29.3 Å². The minimum Gasteiger partial charge on any atom is -0.481 e. The molecule has 0 aliphatic rings. The van der Waals surface area contributed by atoms with Crippen LogP contribution in [0.25, 0.3) is 0 Å². The summed E-state index contributed by atoms with van der Waals surface area (Å²) in [6, 6.07) is 6.33. The third kappa shape index (κ3) is 4.06. The summed E-state index contributed by atoms with van der Waals surface area (Å²) in [6.45, 7) is 8.86. The molecule has 1 N–H and O–H groups in total. The fourth-order valence-electron chi connectivity index (χ4n) is 2.43. The molecule has 0 spiro atoms. The van der Waals surface area contributed by atoms with Crippen molar-refractivity contribution in [2.24, 2.45) is 5.41 Å². The van der Waals surface area contributed by atoms with Crippen molar-refractivity contribution < 1.29 is 9.90 Å². The molecule has 0 saturated heterocycles. The van der Waals surface area contributed by atoms with E-state index in [4.69, 9.17) is 5.11 Å². The standard InChI is InChI=1S/C15H23NO2/c1-11-6-7-13(12(2)8-11)16(5)10-15(3,4)9-14(17)18/h6-8H,9-10H2,1-5H3,(H,17,18). The molecule has 1 aromatic rings. The molecule has 0 aliphatic carbocycles. The summed E-state index contributed by atoms with van der Waals surface area (Å²) in [5.74, 6) is -0.742.